The first-order valence-electron chi connectivity index (χ1n) is 10.8. The Balaban J connectivity index is 0.00000289. The second-order valence-corrected chi connectivity index (χ2v) is 8.93. The van der Waals surface area contributed by atoms with Gasteiger partial charge in [-0.3, -0.25) is 14.6 Å². The fourth-order valence-corrected chi connectivity index (χ4v) is 4.63. The molecule has 0 radical (unpaired) electrons. The molecule has 1 aliphatic rings. The zero-order valence-corrected chi connectivity index (χ0v) is 20.2. The molecule has 0 aliphatic carbocycles. The summed E-state index contributed by atoms with van der Waals surface area (Å²) in [6.45, 7) is 9.01. The van der Waals surface area contributed by atoms with Gasteiger partial charge in [0, 0.05) is 31.7 Å². The van der Waals surface area contributed by atoms with E-state index in [4.69, 9.17) is 14.5 Å². The molecule has 8 heteroatoms. The Kier molecular flexibility index (Phi) is 8.87. The van der Waals surface area contributed by atoms with E-state index in [0.717, 1.165) is 60.4 Å². The van der Waals surface area contributed by atoms with Crippen LogP contribution in [0.2, 0.25) is 0 Å². The van der Waals surface area contributed by atoms with E-state index in [9.17, 15) is 4.79 Å². The highest BCUT2D eigenvalue weighted by atomic mass is 35.5. The molecular formula is C24H30ClN3O3S. The summed E-state index contributed by atoms with van der Waals surface area (Å²) in [5, 5.41) is 0.746. The Morgan fingerprint density at radius 3 is 2.56 bits per heavy atom. The number of ether oxygens (including phenoxy) is 2. The summed E-state index contributed by atoms with van der Waals surface area (Å²) >= 11 is 1.56. The van der Waals surface area contributed by atoms with Crippen LogP contribution >= 0.6 is 23.7 Å². The summed E-state index contributed by atoms with van der Waals surface area (Å²) in [4.78, 5) is 22.4. The van der Waals surface area contributed by atoms with Crippen molar-refractivity contribution in [1.82, 2.24) is 9.88 Å². The van der Waals surface area contributed by atoms with E-state index in [2.05, 4.69) is 4.90 Å². The summed E-state index contributed by atoms with van der Waals surface area (Å²) in [6, 6.07) is 15.4. The number of para-hydroxylation sites is 1. The maximum Gasteiger partial charge on any atom is 0.260 e. The molecule has 1 aromatic heterocycles. The molecule has 1 saturated heterocycles. The number of hydrogen-bond acceptors (Lipinski definition) is 6. The molecule has 1 fully saturated rings. The zero-order chi connectivity index (χ0) is 21.6. The number of carbonyl (C=O) groups excluding carboxylic acids is 1. The number of rotatable bonds is 8. The van der Waals surface area contributed by atoms with E-state index in [1.807, 2.05) is 67.3 Å². The molecule has 0 spiro atoms. The third-order valence-electron chi connectivity index (χ3n) is 5.19. The van der Waals surface area contributed by atoms with Crippen molar-refractivity contribution in [3.8, 4) is 5.75 Å². The van der Waals surface area contributed by atoms with E-state index < -0.39 is 0 Å². The molecule has 2 aromatic carbocycles. The van der Waals surface area contributed by atoms with Gasteiger partial charge < -0.3 is 9.47 Å². The van der Waals surface area contributed by atoms with Crippen LogP contribution in [0.1, 0.15) is 30.6 Å². The molecule has 0 N–H and O–H groups in total. The van der Waals surface area contributed by atoms with Gasteiger partial charge in [-0.05, 0) is 56.7 Å². The third kappa shape index (κ3) is 6.19. The first kappa shape index (κ1) is 24.5. The summed E-state index contributed by atoms with van der Waals surface area (Å²) in [6.07, 6.45) is 0.983. The number of morpholine rings is 1. The molecule has 0 atom stereocenters. The van der Waals surface area contributed by atoms with Gasteiger partial charge in [-0.2, -0.15) is 0 Å². The summed E-state index contributed by atoms with van der Waals surface area (Å²) in [5.41, 5.74) is 1.57. The van der Waals surface area contributed by atoms with Crippen LogP contribution in [-0.4, -0.2) is 61.3 Å². The summed E-state index contributed by atoms with van der Waals surface area (Å²) < 4.78 is 12.2. The van der Waals surface area contributed by atoms with Crippen molar-refractivity contribution in [2.24, 2.45) is 0 Å². The maximum absolute atomic E-state index is 13.5. The van der Waals surface area contributed by atoms with Gasteiger partial charge in [0.15, 0.2) is 5.13 Å². The minimum Gasteiger partial charge on any atom is -0.491 e. The van der Waals surface area contributed by atoms with Crippen LogP contribution in [0.5, 0.6) is 5.75 Å². The number of hydrogen-bond donors (Lipinski definition) is 0. The van der Waals surface area contributed by atoms with Crippen molar-refractivity contribution in [2.75, 3.05) is 44.3 Å². The second-order valence-electron chi connectivity index (χ2n) is 7.92. The van der Waals surface area contributed by atoms with Crippen molar-refractivity contribution in [3.05, 3.63) is 54.1 Å². The Bertz CT molecular complexity index is 970. The lowest BCUT2D eigenvalue weighted by atomic mass is 10.2. The lowest BCUT2D eigenvalue weighted by molar-refractivity contribution is 0.0376. The molecular weight excluding hydrogens is 446 g/mol. The van der Waals surface area contributed by atoms with Gasteiger partial charge in [-0.15, -0.1) is 12.4 Å². The molecule has 0 saturated carbocycles. The molecule has 6 nitrogen and oxygen atoms in total. The number of fused-ring (bicyclic) bond motifs is 1. The minimum atomic E-state index is -0.0304. The standard InChI is InChI=1S/C24H29N3O3S.ClH/c1-18(2)30-20-10-8-19(9-11-20)23(28)27(13-5-12-26-14-16-29-17-15-26)24-25-21-6-3-4-7-22(21)31-24;/h3-4,6-11,18H,5,12-17H2,1-2H3;1H. The molecule has 2 heterocycles. The van der Waals surface area contributed by atoms with Gasteiger partial charge in [-0.1, -0.05) is 23.5 Å². The third-order valence-corrected chi connectivity index (χ3v) is 6.25. The number of amides is 1. The normalized spacial score (nSPS) is 14.3. The largest absolute Gasteiger partial charge is 0.491 e. The molecule has 172 valence electrons. The Hall–Kier alpha value is -2.19. The molecule has 32 heavy (non-hydrogen) atoms. The van der Waals surface area contributed by atoms with Gasteiger partial charge in [-0.25, -0.2) is 4.98 Å². The first-order chi connectivity index (χ1) is 15.1. The van der Waals surface area contributed by atoms with E-state index in [1.54, 1.807) is 11.3 Å². The highest BCUT2D eigenvalue weighted by Gasteiger charge is 2.22. The van der Waals surface area contributed by atoms with E-state index in [0.29, 0.717) is 12.1 Å². The quantitative estimate of drug-likeness (QED) is 0.465. The molecule has 3 aromatic rings. The number of nitrogens with zero attached hydrogens (tertiary/aromatic N) is 3. The summed E-state index contributed by atoms with van der Waals surface area (Å²) in [7, 11) is 0. The van der Waals surface area contributed by atoms with Crippen molar-refractivity contribution in [3.63, 3.8) is 0 Å². The van der Waals surface area contributed by atoms with Gasteiger partial charge in [0.25, 0.3) is 5.91 Å². The molecule has 0 unspecified atom stereocenters. The molecule has 0 bridgehead atoms. The average molecular weight is 476 g/mol. The van der Waals surface area contributed by atoms with Crippen LogP contribution in [0.25, 0.3) is 10.2 Å². The van der Waals surface area contributed by atoms with Gasteiger partial charge in [0.05, 0.1) is 29.5 Å². The van der Waals surface area contributed by atoms with E-state index in [-0.39, 0.29) is 24.4 Å². The lowest BCUT2D eigenvalue weighted by Gasteiger charge is -2.27. The monoisotopic (exact) mass is 475 g/mol. The first-order valence-corrected chi connectivity index (χ1v) is 11.7. The lowest BCUT2D eigenvalue weighted by Crippen LogP contribution is -2.39. The average Bonchev–Trinajstić information content (AvgIpc) is 3.21. The Labute approximate surface area is 199 Å². The van der Waals surface area contributed by atoms with Crippen molar-refractivity contribution < 1.29 is 14.3 Å². The van der Waals surface area contributed by atoms with Crippen LogP contribution in [0.15, 0.2) is 48.5 Å². The van der Waals surface area contributed by atoms with E-state index in [1.165, 1.54) is 0 Å². The molecule has 1 aliphatic heterocycles. The van der Waals surface area contributed by atoms with Gasteiger partial charge in [0.2, 0.25) is 0 Å². The number of halogens is 1. The maximum atomic E-state index is 13.5. The Morgan fingerprint density at radius 2 is 1.88 bits per heavy atom. The van der Waals surface area contributed by atoms with Gasteiger partial charge >= 0.3 is 0 Å². The zero-order valence-electron chi connectivity index (χ0n) is 18.5. The van der Waals surface area contributed by atoms with Crippen LogP contribution in [0.4, 0.5) is 5.13 Å². The minimum absolute atomic E-state index is 0. The van der Waals surface area contributed by atoms with Gasteiger partial charge in [0.1, 0.15) is 5.75 Å². The molecule has 4 rings (SSSR count). The predicted octanol–water partition coefficient (Wildman–Crippen LogP) is 4.87. The summed E-state index contributed by atoms with van der Waals surface area (Å²) in [5.74, 6) is 0.738. The van der Waals surface area contributed by atoms with Crippen molar-refractivity contribution >= 4 is 45.0 Å². The number of aromatic nitrogens is 1. The molecule has 1 amide bonds. The number of thiazole rings is 1. The predicted molar refractivity (Wildman–Crippen MR) is 133 cm³/mol. The van der Waals surface area contributed by atoms with Crippen molar-refractivity contribution in [2.45, 2.75) is 26.4 Å². The fourth-order valence-electron chi connectivity index (χ4n) is 3.64. The van der Waals surface area contributed by atoms with Crippen LogP contribution in [0.3, 0.4) is 0 Å². The number of carbonyl (C=O) groups is 1. The number of benzene rings is 2. The van der Waals surface area contributed by atoms with E-state index >= 15 is 0 Å². The highest BCUT2D eigenvalue weighted by molar-refractivity contribution is 7.22. The smallest absolute Gasteiger partial charge is 0.260 e. The highest BCUT2D eigenvalue weighted by Crippen LogP contribution is 2.30. The Morgan fingerprint density at radius 1 is 1.16 bits per heavy atom. The van der Waals surface area contributed by atoms with Crippen LogP contribution in [-0.2, 0) is 4.74 Å². The van der Waals surface area contributed by atoms with Crippen LogP contribution < -0.4 is 9.64 Å². The topological polar surface area (TPSA) is 54.9 Å². The second kappa shape index (κ2) is 11.6. The van der Waals surface area contributed by atoms with Crippen LogP contribution in [0, 0.1) is 0 Å². The van der Waals surface area contributed by atoms with Crippen molar-refractivity contribution in [1.29, 1.82) is 0 Å². The number of anilines is 1. The fraction of sp³-hybridized carbons (Fsp3) is 0.417. The SMILES string of the molecule is CC(C)Oc1ccc(C(=O)N(CCCN2CCOCC2)c2nc3ccccc3s2)cc1.Cl.